The minimum atomic E-state index is -0.0987. The SMILES string of the molecule is CCCOc1ccc(C(=O)N(C)Cc2nc3ccccc3[nH]2)cc1OCC. The molecule has 0 saturated heterocycles. The number of nitrogens with one attached hydrogen (secondary N) is 1. The molecule has 0 aliphatic rings. The molecule has 6 nitrogen and oxygen atoms in total. The van der Waals surface area contributed by atoms with Gasteiger partial charge in [0.15, 0.2) is 11.5 Å². The van der Waals surface area contributed by atoms with E-state index in [0.29, 0.717) is 36.8 Å². The highest BCUT2D eigenvalue weighted by Crippen LogP contribution is 2.29. The van der Waals surface area contributed by atoms with Crippen molar-refractivity contribution in [2.24, 2.45) is 0 Å². The molecule has 1 amide bonds. The van der Waals surface area contributed by atoms with Gasteiger partial charge in [-0.05, 0) is 43.7 Å². The molecule has 0 saturated carbocycles. The summed E-state index contributed by atoms with van der Waals surface area (Å²) in [7, 11) is 1.76. The Morgan fingerprint density at radius 1 is 1.11 bits per heavy atom. The van der Waals surface area contributed by atoms with Gasteiger partial charge in [0.1, 0.15) is 5.82 Å². The van der Waals surface area contributed by atoms with Gasteiger partial charge in [-0.25, -0.2) is 4.98 Å². The third-order valence-electron chi connectivity index (χ3n) is 4.12. The van der Waals surface area contributed by atoms with Gasteiger partial charge in [0.2, 0.25) is 0 Å². The fourth-order valence-electron chi connectivity index (χ4n) is 2.84. The lowest BCUT2D eigenvalue weighted by Gasteiger charge is -2.17. The molecule has 27 heavy (non-hydrogen) atoms. The van der Waals surface area contributed by atoms with Crippen LogP contribution in [0.2, 0.25) is 0 Å². The number of hydrogen-bond donors (Lipinski definition) is 1. The number of carbonyl (C=O) groups is 1. The molecule has 0 aliphatic carbocycles. The summed E-state index contributed by atoms with van der Waals surface area (Å²) in [5.41, 5.74) is 2.41. The van der Waals surface area contributed by atoms with Crippen molar-refractivity contribution in [1.29, 1.82) is 0 Å². The molecule has 2 aromatic carbocycles. The van der Waals surface area contributed by atoms with E-state index in [4.69, 9.17) is 9.47 Å². The average Bonchev–Trinajstić information content (AvgIpc) is 3.08. The fourth-order valence-corrected chi connectivity index (χ4v) is 2.84. The van der Waals surface area contributed by atoms with Crippen molar-refractivity contribution >= 4 is 16.9 Å². The molecule has 0 fully saturated rings. The molecule has 6 heteroatoms. The maximum Gasteiger partial charge on any atom is 0.254 e. The first-order chi connectivity index (χ1) is 13.1. The van der Waals surface area contributed by atoms with Crippen LogP contribution in [0.15, 0.2) is 42.5 Å². The number of rotatable bonds is 8. The molecule has 0 atom stereocenters. The number of ether oxygens (including phenoxy) is 2. The highest BCUT2D eigenvalue weighted by molar-refractivity contribution is 5.94. The second-order valence-corrected chi connectivity index (χ2v) is 6.30. The number of amides is 1. The van der Waals surface area contributed by atoms with E-state index in [0.717, 1.165) is 23.3 Å². The number of imidazole rings is 1. The Labute approximate surface area is 159 Å². The Balaban J connectivity index is 1.76. The van der Waals surface area contributed by atoms with Gasteiger partial charge in [-0.1, -0.05) is 19.1 Å². The maximum absolute atomic E-state index is 12.8. The zero-order chi connectivity index (χ0) is 19.2. The van der Waals surface area contributed by atoms with E-state index in [-0.39, 0.29) is 5.91 Å². The minimum Gasteiger partial charge on any atom is -0.490 e. The van der Waals surface area contributed by atoms with E-state index in [1.807, 2.05) is 38.1 Å². The Morgan fingerprint density at radius 2 is 1.93 bits per heavy atom. The molecule has 0 bridgehead atoms. The number of benzene rings is 2. The Kier molecular flexibility index (Phi) is 5.96. The molecule has 1 N–H and O–H groups in total. The molecular weight excluding hydrogens is 342 g/mol. The van der Waals surface area contributed by atoms with Gasteiger partial charge in [-0.3, -0.25) is 4.79 Å². The van der Waals surface area contributed by atoms with Crippen molar-refractivity contribution in [1.82, 2.24) is 14.9 Å². The standard InChI is InChI=1S/C21H25N3O3/c1-4-12-27-18-11-10-15(13-19(18)26-5-2)21(25)24(3)14-20-22-16-8-6-7-9-17(16)23-20/h6-11,13H,4-5,12,14H2,1-3H3,(H,22,23). The van der Waals surface area contributed by atoms with Crippen molar-refractivity contribution in [3.8, 4) is 11.5 Å². The van der Waals surface area contributed by atoms with Gasteiger partial charge >= 0.3 is 0 Å². The second kappa shape index (κ2) is 8.58. The molecule has 142 valence electrons. The molecule has 3 aromatic rings. The third-order valence-corrected chi connectivity index (χ3v) is 4.12. The lowest BCUT2D eigenvalue weighted by molar-refractivity contribution is 0.0781. The predicted molar refractivity (Wildman–Crippen MR) is 105 cm³/mol. The second-order valence-electron chi connectivity index (χ2n) is 6.30. The van der Waals surface area contributed by atoms with Crippen LogP contribution in [0.4, 0.5) is 0 Å². The summed E-state index contributed by atoms with van der Waals surface area (Å²) in [4.78, 5) is 22.2. The van der Waals surface area contributed by atoms with E-state index in [9.17, 15) is 4.79 Å². The lowest BCUT2D eigenvalue weighted by atomic mass is 10.1. The summed E-state index contributed by atoms with van der Waals surface area (Å²) in [6.45, 7) is 5.47. The van der Waals surface area contributed by atoms with E-state index in [2.05, 4.69) is 9.97 Å². The van der Waals surface area contributed by atoms with Gasteiger partial charge in [0, 0.05) is 12.6 Å². The normalized spacial score (nSPS) is 10.8. The highest BCUT2D eigenvalue weighted by Gasteiger charge is 2.17. The van der Waals surface area contributed by atoms with Crippen molar-refractivity contribution in [3.05, 3.63) is 53.9 Å². The first-order valence-corrected chi connectivity index (χ1v) is 9.21. The minimum absolute atomic E-state index is 0.0987. The predicted octanol–water partition coefficient (Wildman–Crippen LogP) is 4.02. The first kappa shape index (κ1) is 18.8. The quantitative estimate of drug-likeness (QED) is 0.653. The average molecular weight is 367 g/mol. The van der Waals surface area contributed by atoms with Crippen molar-refractivity contribution in [2.45, 2.75) is 26.8 Å². The molecule has 1 aromatic heterocycles. The zero-order valence-corrected chi connectivity index (χ0v) is 16.0. The lowest BCUT2D eigenvalue weighted by Crippen LogP contribution is -2.26. The van der Waals surface area contributed by atoms with Gasteiger partial charge in [0.05, 0.1) is 30.8 Å². The van der Waals surface area contributed by atoms with Gasteiger partial charge in [-0.15, -0.1) is 0 Å². The summed E-state index contributed by atoms with van der Waals surface area (Å²) in [5.74, 6) is 1.91. The molecule has 0 spiro atoms. The molecule has 0 aliphatic heterocycles. The maximum atomic E-state index is 12.8. The number of nitrogens with zero attached hydrogens (tertiary/aromatic N) is 2. The van der Waals surface area contributed by atoms with Gasteiger partial charge in [-0.2, -0.15) is 0 Å². The van der Waals surface area contributed by atoms with Crippen LogP contribution in [-0.4, -0.2) is 41.0 Å². The molecular formula is C21H25N3O3. The Morgan fingerprint density at radius 3 is 2.67 bits per heavy atom. The number of para-hydroxylation sites is 2. The number of hydrogen-bond acceptors (Lipinski definition) is 4. The largest absolute Gasteiger partial charge is 0.490 e. The van der Waals surface area contributed by atoms with Crippen LogP contribution >= 0.6 is 0 Å². The number of H-pyrrole nitrogens is 1. The fraction of sp³-hybridized carbons (Fsp3) is 0.333. The van der Waals surface area contributed by atoms with Crippen molar-refractivity contribution < 1.29 is 14.3 Å². The van der Waals surface area contributed by atoms with Crippen molar-refractivity contribution in [2.75, 3.05) is 20.3 Å². The van der Waals surface area contributed by atoms with E-state index >= 15 is 0 Å². The summed E-state index contributed by atoms with van der Waals surface area (Å²) >= 11 is 0. The van der Waals surface area contributed by atoms with Crippen LogP contribution in [-0.2, 0) is 6.54 Å². The van der Waals surface area contributed by atoms with E-state index in [1.54, 1.807) is 30.1 Å². The smallest absolute Gasteiger partial charge is 0.254 e. The zero-order valence-electron chi connectivity index (χ0n) is 16.0. The number of carbonyl (C=O) groups excluding carboxylic acids is 1. The summed E-state index contributed by atoms with van der Waals surface area (Å²) in [6.07, 6.45) is 0.909. The topological polar surface area (TPSA) is 67.5 Å². The van der Waals surface area contributed by atoms with Crippen LogP contribution in [0.1, 0.15) is 36.5 Å². The van der Waals surface area contributed by atoms with Crippen molar-refractivity contribution in [3.63, 3.8) is 0 Å². The number of aromatic nitrogens is 2. The van der Waals surface area contributed by atoms with Crippen LogP contribution in [0.3, 0.4) is 0 Å². The van der Waals surface area contributed by atoms with Crippen LogP contribution in [0, 0.1) is 0 Å². The summed E-state index contributed by atoms with van der Waals surface area (Å²) < 4.78 is 11.3. The molecule has 0 radical (unpaired) electrons. The van der Waals surface area contributed by atoms with Gasteiger partial charge < -0.3 is 19.4 Å². The van der Waals surface area contributed by atoms with Gasteiger partial charge in [0.25, 0.3) is 5.91 Å². The third kappa shape index (κ3) is 4.39. The van der Waals surface area contributed by atoms with E-state index in [1.165, 1.54) is 0 Å². The summed E-state index contributed by atoms with van der Waals surface area (Å²) in [5, 5.41) is 0. The van der Waals surface area contributed by atoms with Crippen LogP contribution < -0.4 is 9.47 Å². The number of fused-ring (bicyclic) bond motifs is 1. The molecule has 0 unspecified atom stereocenters. The first-order valence-electron chi connectivity index (χ1n) is 9.21. The molecule has 1 heterocycles. The summed E-state index contributed by atoms with van der Waals surface area (Å²) in [6, 6.07) is 13.1. The van der Waals surface area contributed by atoms with Crippen LogP contribution in [0.5, 0.6) is 11.5 Å². The van der Waals surface area contributed by atoms with Crippen LogP contribution in [0.25, 0.3) is 11.0 Å². The highest BCUT2D eigenvalue weighted by atomic mass is 16.5. The molecule has 3 rings (SSSR count). The Hall–Kier alpha value is -3.02. The van der Waals surface area contributed by atoms with E-state index < -0.39 is 0 Å². The number of aromatic amines is 1. The monoisotopic (exact) mass is 367 g/mol. The Bertz CT molecular complexity index is 887.